The molecule has 1 aliphatic heterocycles. The van der Waals surface area contributed by atoms with E-state index in [0.717, 1.165) is 22.9 Å². The first-order valence-corrected chi connectivity index (χ1v) is 4.29. The van der Waals surface area contributed by atoms with Crippen LogP contribution in [0.1, 0.15) is 0 Å². The normalized spacial score (nSPS) is 12.4. The van der Waals surface area contributed by atoms with E-state index < -0.39 is 0 Å². The van der Waals surface area contributed by atoms with Crippen molar-refractivity contribution in [1.82, 2.24) is 0 Å². The number of fused-ring (bicyclic) bond motifs is 1. The molecule has 74 valence electrons. The van der Waals surface area contributed by atoms with Gasteiger partial charge in [0, 0.05) is 24.5 Å². The van der Waals surface area contributed by atoms with Gasteiger partial charge in [-0.05, 0) is 0 Å². The van der Waals surface area contributed by atoms with Gasteiger partial charge in [-0.25, -0.2) is 0 Å². The standard InChI is InChI=1S/C10H12N2O2/c1-13-9-5-7-8(6-10(9)14-2)12-4-3-11-7/h3-6,11-12H,1-2H3. The van der Waals surface area contributed by atoms with E-state index in [0.29, 0.717) is 0 Å². The first-order valence-electron chi connectivity index (χ1n) is 4.29. The van der Waals surface area contributed by atoms with E-state index in [1.807, 2.05) is 24.5 Å². The Balaban J connectivity index is 2.46. The average molecular weight is 192 g/mol. The van der Waals surface area contributed by atoms with Crippen LogP contribution < -0.4 is 20.1 Å². The van der Waals surface area contributed by atoms with E-state index in [-0.39, 0.29) is 0 Å². The van der Waals surface area contributed by atoms with Gasteiger partial charge < -0.3 is 20.1 Å². The summed E-state index contributed by atoms with van der Waals surface area (Å²) < 4.78 is 10.4. The summed E-state index contributed by atoms with van der Waals surface area (Å²) in [5, 5.41) is 6.22. The van der Waals surface area contributed by atoms with Crippen LogP contribution in [0.4, 0.5) is 11.4 Å². The predicted molar refractivity (Wildman–Crippen MR) is 55.9 cm³/mol. The van der Waals surface area contributed by atoms with Crippen LogP contribution in [-0.2, 0) is 0 Å². The second-order valence-corrected chi connectivity index (χ2v) is 2.87. The molecule has 0 saturated heterocycles. The smallest absolute Gasteiger partial charge is 0.162 e. The van der Waals surface area contributed by atoms with Crippen molar-refractivity contribution in [3.8, 4) is 11.5 Å². The lowest BCUT2D eigenvalue weighted by atomic mass is 10.2. The number of hydrogen-bond donors (Lipinski definition) is 2. The minimum atomic E-state index is 0.718. The van der Waals surface area contributed by atoms with Crippen molar-refractivity contribution in [2.75, 3.05) is 24.9 Å². The fraction of sp³-hybridized carbons (Fsp3) is 0.200. The maximum absolute atomic E-state index is 5.19. The second-order valence-electron chi connectivity index (χ2n) is 2.87. The second kappa shape index (κ2) is 3.49. The molecular weight excluding hydrogens is 180 g/mol. The molecule has 1 aliphatic rings. The van der Waals surface area contributed by atoms with Crippen molar-refractivity contribution in [3.63, 3.8) is 0 Å². The highest BCUT2D eigenvalue weighted by Gasteiger charge is 2.11. The lowest BCUT2D eigenvalue weighted by molar-refractivity contribution is 0.355. The zero-order valence-corrected chi connectivity index (χ0v) is 8.13. The van der Waals surface area contributed by atoms with Crippen LogP contribution in [0.2, 0.25) is 0 Å². The van der Waals surface area contributed by atoms with Crippen LogP contribution in [0, 0.1) is 0 Å². The Morgan fingerprint density at radius 2 is 1.29 bits per heavy atom. The minimum absolute atomic E-state index is 0.718. The minimum Gasteiger partial charge on any atom is -0.493 e. The number of benzene rings is 1. The van der Waals surface area contributed by atoms with Gasteiger partial charge >= 0.3 is 0 Å². The quantitative estimate of drug-likeness (QED) is 0.752. The maximum Gasteiger partial charge on any atom is 0.162 e. The highest BCUT2D eigenvalue weighted by Crippen LogP contribution is 2.37. The third-order valence-corrected chi connectivity index (χ3v) is 2.08. The lowest BCUT2D eigenvalue weighted by Gasteiger charge is -2.17. The topological polar surface area (TPSA) is 42.5 Å². The summed E-state index contributed by atoms with van der Waals surface area (Å²) >= 11 is 0. The summed E-state index contributed by atoms with van der Waals surface area (Å²) in [6.07, 6.45) is 3.66. The maximum atomic E-state index is 5.19. The van der Waals surface area contributed by atoms with Gasteiger partial charge in [0.15, 0.2) is 11.5 Å². The highest BCUT2D eigenvalue weighted by atomic mass is 16.5. The molecule has 1 heterocycles. The Bertz CT molecular complexity index is 340. The van der Waals surface area contributed by atoms with E-state index >= 15 is 0 Å². The Morgan fingerprint density at radius 3 is 1.64 bits per heavy atom. The molecule has 0 atom stereocenters. The van der Waals surface area contributed by atoms with Gasteiger partial charge in [0.2, 0.25) is 0 Å². The van der Waals surface area contributed by atoms with Crippen LogP contribution in [0.15, 0.2) is 24.5 Å². The monoisotopic (exact) mass is 192 g/mol. The van der Waals surface area contributed by atoms with Crippen molar-refractivity contribution in [2.24, 2.45) is 0 Å². The van der Waals surface area contributed by atoms with E-state index in [2.05, 4.69) is 10.6 Å². The number of hydrogen-bond acceptors (Lipinski definition) is 4. The molecule has 0 bridgehead atoms. The molecule has 0 aromatic heterocycles. The highest BCUT2D eigenvalue weighted by molar-refractivity contribution is 5.77. The third kappa shape index (κ3) is 1.35. The number of methoxy groups -OCH3 is 2. The Morgan fingerprint density at radius 1 is 0.857 bits per heavy atom. The molecule has 1 aromatic rings. The average Bonchev–Trinajstić information content (AvgIpc) is 2.27. The molecule has 0 spiro atoms. The van der Waals surface area contributed by atoms with Crippen molar-refractivity contribution >= 4 is 11.4 Å². The Labute approximate surface area is 82.5 Å². The third-order valence-electron chi connectivity index (χ3n) is 2.08. The summed E-state index contributed by atoms with van der Waals surface area (Å²) in [6.45, 7) is 0. The van der Waals surface area contributed by atoms with Crippen LogP contribution in [0.3, 0.4) is 0 Å². The molecule has 2 rings (SSSR count). The fourth-order valence-corrected chi connectivity index (χ4v) is 1.38. The predicted octanol–water partition coefficient (Wildman–Crippen LogP) is 2.01. The van der Waals surface area contributed by atoms with Gasteiger partial charge in [-0.1, -0.05) is 0 Å². The Kier molecular flexibility index (Phi) is 2.18. The van der Waals surface area contributed by atoms with E-state index in [4.69, 9.17) is 9.47 Å². The van der Waals surface area contributed by atoms with Gasteiger partial charge in [-0.3, -0.25) is 0 Å². The van der Waals surface area contributed by atoms with Crippen molar-refractivity contribution < 1.29 is 9.47 Å². The molecule has 0 radical (unpaired) electrons. The van der Waals surface area contributed by atoms with Gasteiger partial charge in [-0.15, -0.1) is 0 Å². The summed E-state index contributed by atoms with van der Waals surface area (Å²) in [7, 11) is 3.24. The number of nitrogens with one attached hydrogen (secondary N) is 2. The molecule has 2 N–H and O–H groups in total. The molecule has 14 heavy (non-hydrogen) atoms. The largest absolute Gasteiger partial charge is 0.493 e. The zero-order valence-electron chi connectivity index (χ0n) is 8.13. The van der Waals surface area contributed by atoms with Crippen molar-refractivity contribution in [3.05, 3.63) is 24.5 Å². The molecule has 0 amide bonds. The Hall–Kier alpha value is -1.84. The number of anilines is 2. The molecular formula is C10H12N2O2. The van der Waals surface area contributed by atoms with E-state index in [9.17, 15) is 0 Å². The molecule has 1 aromatic carbocycles. The molecule has 4 heteroatoms. The summed E-state index contributed by atoms with van der Waals surface area (Å²) in [5.41, 5.74) is 1.95. The van der Waals surface area contributed by atoms with Crippen LogP contribution in [0.25, 0.3) is 0 Å². The van der Waals surface area contributed by atoms with Gasteiger partial charge in [-0.2, -0.15) is 0 Å². The SMILES string of the molecule is COc1cc2c(cc1OC)NC=CN2. The van der Waals surface area contributed by atoms with Crippen molar-refractivity contribution in [1.29, 1.82) is 0 Å². The van der Waals surface area contributed by atoms with E-state index in [1.54, 1.807) is 14.2 Å². The molecule has 0 fully saturated rings. The molecule has 0 unspecified atom stereocenters. The van der Waals surface area contributed by atoms with Crippen LogP contribution >= 0.6 is 0 Å². The molecule has 0 saturated carbocycles. The molecule has 4 nitrogen and oxygen atoms in total. The van der Waals surface area contributed by atoms with Gasteiger partial charge in [0.1, 0.15) is 0 Å². The summed E-state index contributed by atoms with van der Waals surface area (Å²) in [6, 6.07) is 3.79. The number of ether oxygens (including phenoxy) is 2. The first-order chi connectivity index (χ1) is 6.85. The zero-order chi connectivity index (χ0) is 9.97. The molecule has 0 aliphatic carbocycles. The van der Waals surface area contributed by atoms with Gasteiger partial charge in [0.05, 0.1) is 25.6 Å². The van der Waals surface area contributed by atoms with Crippen LogP contribution in [0.5, 0.6) is 11.5 Å². The van der Waals surface area contributed by atoms with Crippen LogP contribution in [-0.4, -0.2) is 14.2 Å². The number of rotatable bonds is 2. The van der Waals surface area contributed by atoms with Crippen molar-refractivity contribution in [2.45, 2.75) is 0 Å². The van der Waals surface area contributed by atoms with E-state index in [1.165, 1.54) is 0 Å². The summed E-state index contributed by atoms with van der Waals surface area (Å²) in [4.78, 5) is 0. The fourth-order valence-electron chi connectivity index (χ4n) is 1.38. The first kappa shape index (κ1) is 8.74. The lowest BCUT2D eigenvalue weighted by Crippen LogP contribution is -2.03. The summed E-state index contributed by atoms with van der Waals surface area (Å²) in [5.74, 6) is 1.44. The van der Waals surface area contributed by atoms with Gasteiger partial charge in [0.25, 0.3) is 0 Å².